The van der Waals surface area contributed by atoms with Gasteiger partial charge in [0, 0.05) is 6.42 Å². The van der Waals surface area contributed by atoms with E-state index in [1.165, 1.54) is 19.3 Å². The van der Waals surface area contributed by atoms with Crippen molar-refractivity contribution in [2.45, 2.75) is 58.2 Å². The molecule has 0 heterocycles. The van der Waals surface area contributed by atoms with Crippen molar-refractivity contribution >= 4 is 5.78 Å². The molecule has 0 N–H and O–H groups in total. The van der Waals surface area contributed by atoms with Crippen LogP contribution in [0.5, 0.6) is 0 Å². The minimum absolute atomic E-state index is 0.157. The Bertz CT molecular complexity index is 220. The second kappa shape index (κ2) is 3.09. The topological polar surface area (TPSA) is 26.3 Å². The lowest BCUT2D eigenvalue weighted by Crippen LogP contribution is -2.54. The fourth-order valence-corrected chi connectivity index (χ4v) is 2.04. The highest BCUT2D eigenvalue weighted by atomic mass is 16.5. The molecule has 2 aliphatic rings. The summed E-state index contributed by atoms with van der Waals surface area (Å²) in [6.45, 7) is 4.12. The van der Waals surface area contributed by atoms with Crippen molar-refractivity contribution in [3.8, 4) is 0 Å². The summed E-state index contributed by atoms with van der Waals surface area (Å²) < 4.78 is 5.88. The number of carbonyl (C=O) groups is 1. The Labute approximate surface area is 79.7 Å². The summed E-state index contributed by atoms with van der Waals surface area (Å²) in [5.74, 6) is 0.388. The molecule has 0 amide bonds. The first-order chi connectivity index (χ1) is 6.16. The molecule has 0 aromatic heterocycles. The van der Waals surface area contributed by atoms with Gasteiger partial charge in [0.2, 0.25) is 0 Å². The van der Waals surface area contributed by atoms with Crippen molar-refractivity contribution in [3.63, 3.8) is 0 Å². The highest BCUT2D eigenvalue weighted by Crippen LogP contribution is 2.44. The molecule has 2 aliphatic carbocycles. The zero-order valence-corrected chi connectivity index (χ0v) is 8.51. The van der Waals surface area contributed by atoms with Crippen molar-refractivity contribution in [2.24, 2.45) is 5.41 Å². The van der Waals surface area contributed by atoms with E-state index >= 15 is 0 Å². The molecule has 0 aromatic rings. The fourth-order valence-electron chi connectivity index (χ4n) is 2.04. The molecular weight excluding hydrogens is 164 g/mol. The van der Waals surface area contributed by atoms with Crippen molar-refractivity contribution in [1.82, 2.24) is 0 Å². The third-order valence-corrected chi connectivity index (χ3v) is 3.86. The van der Waals surface area contributed by atoms with Gasteiger partial charge in [-0.15, -0.1) is 0 Å². The number of ketones is 1. The minimum atomic E-state index is -0.157. The van der Waals surface area contributed by atoms with E-state index in [0.717, 1.165) is 6.42 Å². The number of ether oxygens (including phenoxy) is 1. The molecule has 2 nitrogen and oxygen atoms in total. The van der Waals surface area contributed by atoms with Gasteiger partial charge in [-0.05, 0) is 25.7 Å². The normalized spacial score (nSPS) is 39.8. The number of hydrogen-bond donors (Lipinski definition) is 0. The molecule has 13 heavy (non-hydrogen) atoms. The van der Waals surface area contributed by atoms with Gasteiger partial charge in [-0.1, -0.05) is 13.8 Å². The van der Waals surface area contributed by atoms with Crippen LogP contribution >= 0.6 is 0 Å². The van der Waals surface area contributed by atoms with Gasteiger partial charge < -0.3 is 4.74 Å². The quantitative estimate of drug-likeness (QED) is 0.669. The molecule has 74 valence electrons. The number of Topliss-reactive ketones (excluding diaryl/α,β-unsaturated/α-hetero) is 1. The van der Waals surface area contributed by atoms with Crippen LogP contribution < -0.4 is 0 Å². The summed E-state index contributed by atoms with van der Waals surface area (Å²) in [4.78, 5) is 11.4. The SMILES string of the molecule is CCC1(C)C(=O)CC1OC1CCC1. The van der Waals surface area contributed by atoms with E-state index in [0.29, 0.717) is 18.3 Å². The van der Waals surface area contributed by atoms with E-state index in [4.69, 9.17) is 4.74 Å². The Balaban J connectivity index is 1.90. The highest BCUT2D eigenvalue weighted by Gasteiger charge is 2.51. The third-order valence-electron chi connectivity index (χ3n) is 3.86. The number of rotatable bonds is 3. The molecule has 2 saturated carbocycles. The van der Waals surface area contributed by atoms with E-state index in [1.807, 2.05) is 6.92 Å². The van der Waals surface area contributed by atoms with Crippen molar-refractivity contribution in [2.75, 3.05) is 0 Å². The van der Waals surface area contributed by atoms with E-state index in [2.05, 4.69) is 6.92 Å². The molecule has 0 aromatic carbocycles. The van der Waals surface area contributed by atoms with Crippen molar-refractivity contribution in [3.05, 3.63) is 0 Å². The lowest BCUT2D eigenvalue weighted by molar-refractivity contribution is -0.175. The van der Waals surface area contributed by atoms with Crippen LogP contribution in [0.25, 0.3) is 0 Å². The summed E-state index contributed by atoms with van der Waals surface area (Å²) in [5.41, 5.74) is -0.157. The fraction of sp³-hybridized carbons (Fsp3) is 0.909. The van der Waals surface area contributed by atoms with Gasteiger partial charge in [-0.3, -0.25) is 4.79 Å². The average molecular weight is 182 g/mol. The molecule has 0 saturated heterocycles. The van der Waals surface area contributed by atoms with Crippen LogP contribution in [0, 0.1) is 5.41 Å². The molecule has 0 aliphatic heterocycles. The maximum absolute atomic E-state index is 11.4. The Morgan fingerprint density at radius 2 is 2.23 bits per heavy atom. The van der Waals surface area contributed by atoms with Gasteiger partial charge in [0.15, 0.2) is 0 Å². The monoisotopic (exact) mass is 182 g/mol. The highest BCUT2D eigenvalue weighted by molar-refractivity contribution is 5.91. The molecular formula is C11H18O2. The number of hydrogen-bond acceptors (Lipinski definition) is 2. The van der Waals surface area contributed by atoms with Gasteiger partial charge in [0.05, 0.1) is 17.6 Å². The van der Waals surface area contributed by atoms with Crippen LogP contribution in [0.1, 0.15) is 46.0 Å². The molecule has 2 rings (SSSR count). The Kier molecular flexibility index (Phi) is 2.18. The van der Waals surface area contributed by atoms with Crippen molar-refractivity contribution in [1.29, 1.82) is 0 Å². The smallest absolute Gasteiger partial charge is 0.143 e. The van der Waals surface area contributed by atoms with E-state index in [9.17, 15) is 4.79 Å². The first kappa shape index (κ1) is 9.20. The molecule has 2 fully saturated rings. The Morgan fingerprint density at radius 3 is 2.62 bits per heavy atom. The first-order valence-electron chi connectivity index (χ1n) is 5.35. The second-order valence-electron chi connectivity index (χ2n) is 4.58. The first-order valence-corrected chi connectivity index (χ1v) is 5.35. The van der Waals surface area contributed by atoms with E-state index in [-0.39, 0.29) is 11.5 Å². The molecule has 2 unspecified atom stereocenters. The third kappa shape index (κ3) is 1.32. The van der Waals surface area contributed by atoms with Gasteiger partial charge in [0.25, 0.3) is 0 Å². The summed E-state index contributed by atoms with van der Waals surface area (Å²) in [6.07, 6.45) is 5.95. The maximum atomic E-state index is 11.4. The Morgan fingerprint density at radius 1 is 1.54 bits per heavy atom. The summed E-state index contributed by atoms with van der Waals surface area (Å²) >= 11 is 0. The van der Waals surface area contributed by atoms with Crippen LogP contribution in [0.2, 0.25) is 0 Å². The van der Waals surface area contributed by atoms with Gasteiger partial charge >= 0.3 is 0 Å². The van der Waals surface area contributed by atoms with E-state index < -0.39 is 0 Å². The second-order valence-corrected chi connectivity index (χ2v) is 4.58. The van der Waals surface area contributed by atoms with Crippen LogP contribution in [0.15, 0.2) is 0 Å². The Hall–Kier alpha value is -0.370. The molecule has 2 heteroatoms. The zero-order chi connectivity index (χ0) is 9.47. The maximum Gasteiger partial charge on any atom is 0.143 e. The summed E-state index contributed by atoms with van der Waals surface area (Å²) in [7, 11) is 0. The molecule has 0 bridgehead atoms. The molecule has 0 spiro atoms. The summed E-state index contributed by atoms with van der Waals surface area (Å²) in [6, 6.07) is 0. The standard InChI is InChI=1S/C11H18O2/c1-3-11(2)9(12)7-10(11)13-8-5-4-6-8/h8,10H,3-7H2,1-2H3. The lowest BCUT2D eigenvalue weighted by Gasteiger charge is -2.47. The predicted molar refractivity (Wildman–Crippen MR) is 50.5 cm³/mol. The summed E-state index contributed by atoms with van der Waals surface area (Å²) in [5, 5.41) is 0. The van der Waals surface area contributed by atoms with E-state index in [1.54, 1.807) is 0 Å². The molecule has 0 radical (unpaired) electrons. The van der Waals surface area contributed by atoms with Gasteiger partial charge in [0.1, 0.15) is 5.78 Å². The average Bonchev–Trinajstić information content (AvgIpc) is 2.07. The van der Waals surface area contributed by atoms with Crippen LogP contribution in [0.3, 0.4) is 0 Å². The van der Waals surface area contributed by atoms with Crippen LogP contribution in [0.4, 0.5) is 0 Å². The van der Waals surface area contributed by atoms with Gasteiger partial charge in [-0.2, -0.15) is 0 Å². The largest absolute Gasteiger partial charge is 0.374 e. The zero-order valence-electron chi connectivity index (χ0n) is 8.51. The lowest BCUT2D eigenvalue weighted by atomic mass is 9.64. The van der Waals surface area contributed by atoms with Gasteiger partial charge in [-0.25, -0.2) is 0 Å². The van der Waals surface area contributed by atoms with Crippen molar-refractivity contribution < 1.29 is 9.53 Å². The van der Waals surface area contributed by atoms with Crippen LogP contribution in [-0.2, 0) is 9.53 Å². The number of carbonyl (C=O) groups excluding carboxylic acids is 1. The van der Waals surface area contributed by atoms with Crippen LogP contribution in [-0.4, -0.2) is 18.0 Å². The predicted octanol–water partition coefficient (Wildman–Crippen LogP) is 2.31. The molecule has 2 atom stereocenters. The minimum Gasteiger partial charge on any atom is -0.374 e.